The molecule has 21 heavy (non-hydrogen) atoms. The zero-order valence-corrected chi connectivity index (χ0v) is 12.2. The Morgan fingerprint density at radius 2 is 1.62 bits per heavy atom. The zero-order chi connectivity index (χ0) is 14.9. The lowest BCUT2D eigenvalue weighted by Crippen LogP contribution is -2.13. The van der Waals surface area contributed by atoms with Crippen molar-refractivity contribution < 1.29 is 14.3 Å². The van der Waals surface area contributed by atoms with Crippen LogP contribution in [0.15, 0.2) is 54.6 Å². The number of alkyl halides is 1. The summed E-state index contributed by atoms with van der Waals surface area (Å²) in [6.07, 6.45) is 0. The van der Waals surface area contributed by atoms with Crippen LogP contribution in [0.2, 0.25) is 0 Å². The summed E-state index contributed by atoms with van der Waals surface area (Å²) in [5.41, 5.74) is 0.655. The van der Waals surface area contributed by atoms with Crippen LogP contribution in [0.4, 0.5) is 5.69 Å². The average molecular weight is 306 g/mol. The highest BCUT2D eigenvalue weighted by molar-refractivity contribution is 6.29. The van der Waals surface area contributed by atoms with E-state index in [-0.39, 0.29) is 11.8 Å². The molecule has 0 aliphatic carbocycles. The molecule has 0 heterocycles. The molecule has 0 aliphatic heterocycles. The maximum Gasteiger partial charge on any atom is 0.239 e. The largest absolute Gasteiger partial charge is 0.490 e. The van der Waals surface area contributed by atoms with Crippen LogP contribution in [0.1, 0.15) is 0 Å². The molecule has 0 radical (unpaired) electrons. The van der Waals surface area contributed by atoms with Crippen LogP contribution in [0.5, 0.6) is 11.5 Å². The van der Waals surface area contributed by atoms with E-state index >= 15 is 0 Å². The Kier molecular flexibility index (Phi) is 5.91. The minimum absolute atomic E-state index is 0.0734. The van der Waals surface area contributed by atoms with Gasteiger partial charge in [-0.05, 0) is 24.3 Å². The Bertz CT molecular complexity index is 575. The molecule has 2 rings (SSSR count). The van der Waals surface area contributed by atoms with E-state index in [2.05, 4.69) is 5.32 Å². The van der Waals surface area contributed by atoms with Gasteiger partial charge in [-0.2, -0.15) is 0 Å². The van der Waals surface area contributed by atoms with Gasteiger partial charge in [0.15, 0.2) is 0 Å². The number of amides is 1. The number of halogens is 1. The predicted octanol–water partition coefficient (Wildman–Crippen LogP) is 3.32. The molecule has 2 aromatic carbocycles. The van der Waals surface area contributed by atoms with Gasteiger partial charge in [-0.3, -0.25) is 4.79 Å². The number of para-hydroxylation sites is 1. The second-order valence-corrected chi connectivity index (χ2v) is 4.49. The molecule has 0 spiro atoms. The van der Waals surface area contributed by atoms with Crippen LogP contribution in [-0.2, 0) is 4.79 Å². The quantitative estimate of drug-likeness (QED) is 0.630. The summed E-state index contributed by atoms with van der Waals surface area (Å²) in [5.74, 6) is 1.15. The van der Waals surface area contributed by atoms with Crippen molar-refractivity contribution >= 4 is 23.2 Å². The Hall–Kier alpha value is -2.20. The summed E-state index contributed by atoms with van der Waals surface area (Å²) in [6.45, 7) is 0.865. The monoisotopic (exact) mass is 305 g/mol. The van der Waals surface area contributed by atoms with E-state index in [0.717, 1.165) is 5.75 Å². The van der Waals surface area contributed by atoms with Crippen LogP contribution in [0, 0.1) is 0 Å². The first-order valence-corrected chi connectivity index (χ1v) is 7.08. The van der Waals surface area contributed by atoms with Gasteiger partial charge in [-0.25, -0.2) is 0 Å². The van der Waals surface area contributed by atoms with Crippen molar-refractivity contribution in [3.63, 3.8) is 0 Å². The van der Waals surface area contributed by atoms with Gasteiger partial charge in [0.05, 0.1) is 0 Å². The van der Waals surface area contributed by atoms with E-state index in [1.807, 2.05) is 36.4 Å². The minimum atomic E-state index is -0.249. The number of benzene rings is 2. The summed E-state index contributed by atoms with van der Waals surface area (Å²) in [5, 5.41) is 2.67. The van der Waals surface area contributed by atoms with Crippen LogP contribution in [-0.4, -0.2) is 25.0 Å². The molecule has 0 saturated carbocycles. The standard InChI is InChI=1S/C16H16ClNO3/c17-12-16(19)18-13-5-4-8-15(11-13)21-10-9-20-14-6-2-1-3-7-14/h1-8,11H,9-10,12H2,(H,18,19). The van der Waals surface area contributed by atoms with E-state index in [1.165, 1.54) is 0 Å². The van der Waals surface area contributed by atoms with E-state index in [0.29, 0.717) is 24.7 Å². The van der Waals surface area contributed by atoms with E-state index in [4.69, 9.17) is 21.1 Å². The third kappa shape index (κ3) is 5.36. The summed E-state index contributed by atoms with van der Waals surface area (Å²) in [6, 6.07) is 16.7. The topological polar surface area (TPSA) is 47.6 Å². The average Bonchev–Trinajstić information content (AvgIpc) is 2.53. The van der Waals surface area contributed by atoms with Gasteiger partial charge in [-0.15, -0.1) is 11.6 Å². The fourth-order valence-corrected chi connectivity index (χ4v) is 1.76. The molecule has 0 aromatic heterocycles. The second kappa shape index (κ2) is 8.17. The van der Waals surface area contributed by atoms with Crippen molar-refractivity contribution in [2.75, 3.05) is 24.4 Å². The first-order valence-electron chi connectivity index (χ1n) is 6.54. The Morgan fingerprint density at radius 1 is 0.952 bits per heavy atom. The van der Waals surface area contributed by atoms with E-state index in [9.17, 15) is 4.79 Å². The smallest absolute Gasteiger partial charge is 0.239 e. The predicted molar refractivity (Wildman–Crippen MR) is 83.2 cm³/mol. The molecule has 2 aromatic rings. The highest BCUT2D eigenvalue weighted by Gasteiger charge is 2.01. The maximum absolute atomic E-state index is 11.2. The van der Waals surface area contributed by atoms with E-state index < -0.39 is 0 Å². The number of rotatable bonds is 7. The number of anilines is 1. The van der Waals surface area contributed by atoms with Crippen LogP contribution < -0.4 is 14.8 Å². The number of hydrogen-bond acceptors (Lipinski definition) is 3. The van der Waals surface area contributed by atoms with Gasteiger partial charge in [-0.1, -0.05) is 24.3 Å². The van der Waals surface area contributed by atoms with Crippen molar-refractivity contribution in [3.8, 4) is 11.5 Å². The molecule has 1 amide bonds. The molecule has 0 aliphatic rings. The highest BCUT2D eigenvalue weighted by Crippen LogP contribution is 2.17. The first-order chi connectivity index (χ1) is 10.3. The summed E-state index contributed by atoms with van der Waals surface area (Å²) in [7, 11) is 0. The van der Waals surface area contributed by atoms with Gasteiger partial charge in [0, 0.05) is 11.8 Å². The molecular formula is C16H16ClNO3. The molecule has 5 heteroatoms. The maximum atomic E-state index is 11.2. The number of carbonyl (C=O) groups excluding carboxylic acids is 1. The first kappa shape index (κ1) is 15.2. The molecule has 4 nitrogen and oxygen atoms in total. The fourth-order valence-electron chi connectivity index (χ4n) is 1.69. The zero-order valence-electron chi connectivity index (χ0n) is 11.4. The summed E-state index contributed by atoms with van der Waals surface area (Å²) in [4.78, 5) is 11.2. The number of ether oxygens (including phenoxy) is 2. The van der Waals surface area contributed by atoms with Crippen molar-refractivity contribution in [3.05, 3.63) is 54.6 Å². The van der Waals surface area contributed by atoms with E-state index in [1.54, 1.807) is 18.2 Å². The van der Waals surface area contributed by atoms with Gasteiger partial charge in [0.2, 0.25) is 5.91 Å². The normalized spacial score (nSPS) is 9.95. The van der Waals surface area contributed by atoms with Crippen molar-refractivity contribution in [2.24, 2.45) is 0 Å². The summed E-state index contributed by atoms with van der Waals surface area (Å²) < 4.78 is 11.1. The van der Waals surface area contributed by atoms with Crippen LogP contribution in [0.25, 0.3) is 0 Å². The molecule has 0 saturated heterocycles. The number of hydrogen-bond donors (Lipinski definition) is 1. The highest BCUT2D eigenvalue weighted by atomic mass is 35.5. The van der Waals surface area contributed by atoms with Gasteiger partial charge >= 0.3 is 0 Å². The van der Waals surface area contributed by atoms with Crippen LogP contribution in [0.3, 0.4) is 0 Å². The second-order valence-electron chi connectivity index (χ2n) is 4.22. The molecule has 0 bridgehead atoms. The third-order valence-corrected chi connectivity index (χ3v) is 2.85. The Morgan fingerprint density at radius 3 is 2.33 bits per heavy atom. The third-order valence-electron chi connectivity index (χ3n) is 2.60. The SMILES string of the molecule is O=C(CCl)Nc1cccc(OCCOc2ccccc2)c1. The lowest BCUT2D eigenvalue weighted by molar-refractivity contribution is -0.113. The number of nitrogens with one attached hydrogen (secondary N) is 1. The molecule has 0 fully saturated rings. The van der Waals surface area contributed by atoms with Crippen molar-refractivity contribution in [1.29, 1.82) is 0 Å². The van der Waals surface area contributed by atoms with Gasteiger partial charge in [0.1, 0.15) is 30.6 Å². The molecule has 1 N–H and O–H groups in total. The molecular weight excluding hydrogens is 290 g/mol. The minimum Gasteiger partial charge on any atom is -0.490 e. The lowest BCUT2D eigenvalue weighted by Gasteiger charge is -2.09. The summed E-state index contributed by atoms with van der Waals surface area (Å²) >= 11 is 5.44. The van der Waals surface area contributed by atoms with Gasteiger partial charge in [0.25, 0.3) is 0 Å². The van der Waals surface area contributed by atoms with Gasteiger partial charge < -0.3 is 14.8 Å². The Balaban J connectivity index is 1.78. The lowest BCUT2D eigenvalue weighted by atomic mass is 10.3. The molecule has 110 valence electrons. The van der Waals surface area contributed by atoms with Crippen molar-refractivity contribution in [1.82, 2.24) is 0 Å². The van der Waals surface area contributed by atoms with Crippen molar-refractivity contribution in [2.45, 2.75) is 0 Å². The molecule has 0 atom stereocenters. The Labute approximate surface area is 128 Å². The fraction of sp³-hybridized carbons (Fsp3) is 0.188. The molecule has 0 unspecified atom stereocenters. The van der Waals surface area contributed by atoms with Crippen LogP contribution >= 0.6 is 11.6 Å². The number of carbonyl (C=O) groups is 1.